The Labute approximate surface area is 154 Å². The van der Waals surface area contributed by atoms with Crippen LogP contribution >= 0.6 is 11.6 Å². The van der Waals surface area contributed by atoms with E-state index >= 15 is 0 Å². The van der Waals surface area contributed by atoms with Crippen molar-refractivity contribution in [2.24, 2.45) is 0 Å². The Morgan fingerprint density at radius 1 is 0.960 bits per heavy atom. The number of piperazine rings is 1. The van der Waals surface area contributed by atoms with Gasteiger partial charge in [-0.1, -0.05) is 35.9 Å². The van der Waals surface area contributed by atoms with E-state index in [4.69, 9.17) is 11.6 Å². The van der Waals surface area contributed by atoms with E-state index < -0.39 is 0 Å². The predicted octanol–water partition coefficient (Wildman–Crippen LogP) is 4.62. The van der Waals surface area contributed by atoms with Gasteiger partial charge in [0.1, 0.15) is 0 Å². The van der Waals surface area contributed by atoms with Gasteiger partial charge in [0.2, 0.25) is 0 Å². The first-order valence-corrected chi connectivity index (χ1v) is 8.97. The van der Waals surface area contributed by atoms with Gasteiger partial charge in [-0.3, -0.25) is 0 Å². The normalized spacial score (nSPS) is 14.6. The lowest BCUT2D eigenvalue weighted by molar-refractivity contribution is 0.208. The summed E-state index contributed by atoms with van der Waals surface area (Å²) in [5, 5.41) is 3.82. The molecular weight excluding hydrogens is 334 g/mol. The molecule has 1 aliphatic heterocycles. The Kier molecular flexibility index (Phi) is 5.19. The molecule has 2 aromatic carbocycles. The van der Waals surface area contributed by atoms with Gasteiger partial charge in [-0.25, -0.2) is 4.79 Å². The molecule has 132 valence electrons. The molecule has 1 fully saturated rings. The molecule has 2 amide bonds. The maximum absolute atomic E-state index is 12.6. The zero-order valence-electron chi connectivity index (χ0n) is 15.0. The van der Waals surface area contributed by atoms with Crippen molar-refractivity contribution in [1.82, 2.24) is 4.90 Å². The van der Waals surface area contributed by atoms with E-state index in [9.17, 15) is 4.79 Å². The van der Waals surface area contributed by atoms with Crippen LogP contribution in [-0.4, -0.2) is 37.1 Å². The zero-order valence-corrected chi connectivity index (χ0v) is 15.7. The monoisotopic (exact) mass is 357 g/mol. The molecule has 0 radical (unpaired) electrons. The standard InChI is InChI=1S/C20H24ClN3O/c1-14-7-8-17(21)13-18(14)23-9-11-24(12-10-23)20(25)22-19-15(2)5-4-6-16(19)3/h4-8,13H,9-12H2,1-3H3,(H,22,25). The fourth-order valence-electron chi connectivity index (χ4n) is 3.27. The Balaban J connectivity index is 1.64. The van der Waals surface area contributed by atoms with E-state index in [1.165, 1.54) is 5.56 Å². The van der Waals surface area contributed by atoms with Crippen LogP contribution in [0.5, 0.6) is 0 Å². The number of halogens is 1. The van der Waals surface area contributed by atoms with Crippen LogP contribution in [0.2, 0.25) is 5.02 Å². The lowest BCUT2D eigenvalue weighted by Crippen LogP contribution is -2.50. The van der Waals surface area contributed by atoms with Crippen molar-refractivity contribution in [2.75, 3.05) is 36.4 Å². The summed E-state index contributed by atoms with van der Waals surface area (Å²) in [6.45, 7) is 9.13. The molecule has 0 atom stereocenters. The van der Waals surface area contributed by atoms with Gasteiger partial charge in [0.15, 0.2) is 0 Å². The number of amides is 2. The van der Waals surface area contributed by atoms with Gasteiger partial charge in [0.25, 0.3) is 0 Å². The number of carbonyl (C=O) groups is 1. The molecule has 1 heterocycles. The first-order valence-electron chi connectivity index (χ1n) is 8.59. The second kappa shape index (κ2) is 7.36. The molecule has 0 unspecified atom stereocenters. The Hall–Kier alpha value is -2.20. The van der Waals surface area contributed by atoms with Crippen LogP contribution in [0.15, 0.2) is 36.4 Å². The summed E-state index contributed by atoms with van der Waals surface area (Å²) in [5.41, 5.74) is 5.45. The molecule has 5 heteroatoms. The highest BCUT2D eigenvalue weighted by Crippen LogP contribution is 2.26. The molecule has 25 heavy (non-hydrogen) atoms. The summed E-state index contributed by atoms with van der Waals surface area (Å²) >= 11 is 6.13. The molecule has 1 aliphatic rings. The van der Waals surface area contributed by atoms with Crippen LogP contribution in [0.3, 0.4) is 0 Å². The lowest BCUT2D eigenvalue weighted by atomic mass is 10.1. The molecule has 0 saturated carbocycles. The van der Waals surface area contributed by atoms with Crippen molar-refractivity contribution >= 4 is 29.0 Å². The van der Waals surface area contributed by atoms with Gasteiger partial charge < -0.3 is 15.1 Å². The van der Waals surface area contributed by atoms with Crippen molar-refractivity contribution in [2.45, 2.75) is 20.8 Å². The highest BCUT2D eigenvalue weighted by Gasteiger charge is 2.23. The zero-order chi connectivity index (χ0) is 18.0. The van der Waals surface area contributed by atoms with Crippen molar-refractivity contribution in [1.29, 1.82) is 0 Å². The molecule has 1 N–H and O–H groups in total. The molecule has 1 saturated heterocycles. The van der Waals surface area contributed by atoms with Crippen LogP contribution in [0, 0.1) is 20.8 Å². The first-order chi connectivity index (χ1) is 12.0. The number of nitrogens with zero attached hydrogens (tertiary/aromatic N) is 2. The summed E-state index contributed by atoms with van der Waals surface area (Å²) in [5.74, 6) is 0. The number of benzene rings is 2. The number of carbonyl (C=O) groups excluding carboxylic acids is 1. The summed E-state index contributed by atoms with van der Waals surface area (Å²) in [6, 6.07) is 12.0. The Morgan fingerprint density at radius 2 is 1.60 bits per heavy atom. The topological polar surface area (TPSA) is 35.6 Å². The summed E-state index contributed by atoms with van der Waals surface area (Å²) in [6.07, 6.45) is 0. The van der Waals surface area contributed by atoms with Crippen LogP contribution < -0.4 is 10.2 Å². The molecule has 0 bridgehead atoms. The number of hydrogen-bond acceptors (Lipinski definition) is 2. The average molecular weight is 358 g/mol. The van der Waals surface area contributed by atoms with Crippen LogP contribution in [0.4, 0.5) is 16.2 Å². The molecule has 2 aromatic rings. The van der Waals surface area contributed by atoms with Crippen molar-refractivity contribution in [3.63, 3.8) is 0 Å². The molecule has 0 spiro atoms. The fourth-order valence-corrected chi connectivity index (χ4v) is 3.44. The average Bonchev–Trinajstić information content (AvgIpc) is 2.60. The van der Waals surface area contributed by atoms with E-state index in [1.54, 1.807) is 0 Å². The predicted molar refractivity (Wildman–Crippen MR) is 105 cm³/mol. The second-order valence-electron chi connectivity index (χ2n) is 6.60. The molecule has 0 aliphatic carbocycles. The van der Waals surface area contributed by atoms with E-state index in [0.717, 1.165) is 40.6 Å². The van der Waals surface area contributed by atoms with Gasteiger partial charge in [-0.15, -0.1) is 0 Å². The molecule has 4 nitrogen and oxygen atoms in total. The smallest absolute Gasteiger partial charge is 0.321 e. The molecular formula is C20H24ClN3O. The van der Waals surface area contributed by atoms with Crippen molar-refractivity contribution in [3.8, 4) is 0 Å². The van der Waals surface area contributed by atoms with Gasteiger partial charge in [0, 0.05) is 42.6 Å². The minimum absolute atomic E-state index is 0.0279. The number of anilines is 2. The van der Waals surface area contributed by atoms with Gasteiger partial charge >= 0.3 is 6.03 Å². The fraction of sp³-hybridized carbons (Fsp3) is 0.350. The van der Waals surface area contributed by atoms with Gasteiger partial charge in [-0.05, 0) is 49.6 Å². The Morgan fingerprint density at radius 3 is 2.24 bits per heavy atom. The van der Waals surface area contributed by atoms with E-state index in [0.29, 0.717) is 13.1 Å². The van der Waals surface area contributed by atoms with Crippen molar-refractivity contribution < 1.29 is 4.79 Å². The number of nitrogens with one attached hydrogen (secondary N) is 1. The summed E-state index contributed by atoms with van der Waals surface area (Å²) in [7, 11) is 0. The number of aryl methyl sites for hydroxylation is 3. The van der Waals surface area contributed by atoms with Gasteiger partial charge in [0.05, 0.1) is 0 Å². The Bertz CT molecular complexity index is 762. The van der Waals surface area contributed by atoms with Crippen LogP contribution in [0.25, 0.3) is 0 Å². The van der Waals surface area contributed by atoms with Gasteiger partial charge in [-0.2, -0.15) is 0 Å². The van der Waals surface area contributed by atoms with E-state index in [1.807, 2.05) is 55.1 Å². The summed E-state index contributed by atoms with van der Waals surface area (Å²) in [4.78, 5) is 16.8. The van der Waals surface area contributed by atoms with Crippen molar-refractivity contribution in [3.05, 3.63) is 58.1 Å². The number of para-hydroxylation sites is 1. The van der Waals surface area contributed by atoms with Crippen LogP contribution in [0.1, 0.15) is 16.7 Å². The minimum Gasteiger partial charge on any atom is -0.368 e. The number of rotatable bonds is 2. The maximum Gasteiger partial charge on any atom is 0.321 e. The third-order valence-corrected chi connectivity index (χ3v) is 5.03. The molecule has 3 rings (SSSR count). The lowest BCUT2D eigenvalue weighted by Gasteiger charge is -2.37. The largest absolute Gasteiger partial charge is 0.368 e. The second-order valence-corrected chi connectivity index (χ2v) is 7.04. The van der Waals surface area contributed by atoms with E-state index in [2.05, 4.69) is 17.1 Å². The number of urea groups is 1. The van der Waals surface area contributed by atoms with E-state index in [-0.39, 0.29) is 6.03 Å². The minimum atomic E-state index is -0.0279. The first kappa shape index (κ1) is 17.6. The maximum atomic E-state index is 12.6. The number of hydrogen-bond donors (Lipinski definition) is 1. The quantitative estimate of drug-likeness (QED) is 0.851. The SMILES string of the molecule is Cc1ccc(Cl)cc1N1CCN(C(=O)Nc2c(C)cccc2C)CC1. The third kappa shape index (κ3) is 3.90. The highest BCUT2D eigenvalue weighted by molar-refractivity contribution is 6.30. The highest BCUT2D eigenvalue weighted by atomic mass is 35.5. The summed E-state index contributed by atoms with van der Waals surface area (Å²) < 4.78 is 0. The van der Waals surface area contributed by atoms with Crippen LogP contribution in [-0.2, 0) is 0 Å². The third-order valence-electron chi connectivity index (χ3n) is 4.79. The molecule has 0 aromatic heterocycles.